The van der Waals surface area contributed by atoms with E-state index < -0.39 is 21.7 Å². The summed E-state index contributed by atoms with van der Waals surface area (Å²) in [7, 11) is -3.56. The van der Waals surface area contributed by atoms with Crippen LogP contribution in [-0.4, -0.2) is 55.9 Å². The number of aliphatic hydroxyl groups excluding tert-OH is 1. The average Bonchev–Trinajstić information content (AvgIpc) is 2.28. The second kappa shape index (κ2) is 6.32. The van der Waals surface area contributed by atoms with Gasteiger partial charge in [0.05, 0.1) is 6.61 Å². The zero-order chi connectivity index (χ0) is 12.9. The molecule has 1 rings (SSSR count). The fourth-order valence-electron chi connectivity index (χ4n) is 1.81. The molecular weight excluding hydrogens is 246 g/mol. The van der Waals surface area contributed by atoms with Gasteiger partial charge in [-0.05, 0) is 25.7 Å². The number of carbonyl (C=O) groups is 1. The first-order chi connectivity index (χ1) is 7.99. The van der Waals surface area contributed by atoms with Crippen LogP contribution >= 0.6 is 0 Å². The predicted octanol–water partition coefficient (Wildman–Crippen LogP) is -0.416. The van der Waals surface area contributed by atoms with Gasteiger partial charge in [-0.3, -0.25) is 4.79 Å². The monoisotopic (exact) mass is 265 g/mol. The highest BCUT2D eigenvalue weighted by Gasteiger charge is 2.29. The molecule has 1 N–H and O–H groups in total. The molecule has 7 heteroatoms. The first-order valence-corrected chi connectivity index (χ1v) is 7.34. The van der Waals surface area contributed by atoms with Crippen LogP contribution in [0.3, 0.4) is 0 Å². The third kappa shape index (κ3) is 4.25. The maximum atomic E-state index is 11.8. The molecule has 1 saturated heterocycles. The second-order valence-corrected chi connectivity index (χ2v) is 6.06. The minimum Gasteiger partial charge on any atom is -0.465 e. The van der Waals surface area contributed by atoms with Crippen molar-refractivity contribution >= 4 is 16.0 Å². The Balaban J connectivity index is 2.51. The van der Waals surface area contributed by atoms with E-state index in [0.717, 1.165) is 0 Å². The molecule has 1 aliphatic heterocycles. The second-order valence-electron chi connectivity index (χ2n) is 4.09. The molecule has 0 bridgehead atoms. The Kier molecular flexibility index (Phi) is 5.35. The van der Waals surface area contributed by atoms with E-state index in [2.05, 4.69) is 4.74 Å². The van der Waals surface area contributed by atoms with Gasteiger partial charge in [-0.2, -0.15) is 0 Å². The molecule has 0 aromatic carbocycles. The lowest BCUT2D eigenvalue weighted by atomic mass is 10.00. The van der Waals surface area contributed by atoms with Gasteiger partial charge in [0.15, 0.2) is 5.75 Å². The van der Waals surface area contributed by atoms with Crippen molar-refractivity contribution in [3.8, 4) is 0 Å². The molecule has 0 radical (unpaired) electrons. The lowest BCUT2D eigenvalue weighted by Crippen LogP contribution is -2.42. The van der Waals surface area contributed by atoms with Crippen LogP contribution in [0.5, 0.6) is 0 Å². The first kappa shape index (κ1) is 14.4. The van der Waals surface area contributed by atoms with Gasteiger partial charge in [-0.25, -0.2) is 12.7 Å². The molecule has 0 aliphatic carbocycles. The van der Waals surface area contributed by atoms with Gasteiger partial charge in [0, 0.05) is 19.7 Å². The number of sulfonamides is 1. The molecule has 0 aromatic heterocycles. The van der Waals surface area contributed by atoms with Crippen molar-refractivity contribution in [2.75, 3.05) is 32.1 Å². The topological polar surface area (TPSA) is 83.9 Å². The number of hydrogen-bond acceptors (Lipinski definition) is 5. The smallest absolute Gasteiger partial charge is 0.322 e. The SMILES string of the molecule is CCOC(=O)CS(=O)(=O)N1CCC(CO)CC1. The van der Waals surface area contributed by atoms with E-state index in [-0.39, 0.29) is 19.1 Å². The number of carbonyl (C=O) groups excluding carboxylic acids is 1. The van der Waals surface area contributed by atoms with E-state index in [1.54, 1.807) is 6.92 Å². The van der Waals surface area contributed by atoms with E-state index in [1.807, 2.05) is 0 Å². The number of hydrogen-bond donors (Lipinski definition) is 1. The minimum atomic E-state index is -3.56. The van der Waals surface area contributed by atoms with Crippen LogP contribution in [0, 0.1) is 5.92 Å². The summed E-state index contributed by atoms with van der Waals surface area (Å²) in [5.74, 6) is -1.13. The van der Waals surface area contributed by atoms with Crippen LogP contribution < -0.4 is 0 Å². The van der Waals surface area contributed by atoms with Crippen molar-refractivity contribution in [3.63, 3.8) is 0 Å². The quantitative estimate of drug-likeness (QED) is 0.683. The Bertz CT molecular complexity index is 346. The standard InChI is InChI=1S/C10H19NO5S/c1-2-16-10(13)8-17(14,15)11-5-3-9(7-12)4-6-11/h9,12H,2-8H2,1H3. The summed E-state index contributed by atoms with van der Waals surface area (Å²) in [6.07, 6.45) is 1.27. The Hall–Kier alpha value is -0.660. The molecule has 0 atom stereocenters. The lowest BCUT2D eigenvalue weighted by Gasteiger charge is -2.29. The summed E-state index contributed by atoms with van der Waals surface area (Å²) in [6.45, 7) is 2.64. The number of piperidine rings is 1. The lowest BCUT2D eigenvalue weighted by molar-refractivity contribution is -0.140. The fourth-order valence-corrected chi connectivity index (χ4v) is 3.14. The summed E-state index contributed by atoms with van der Waals surface area (Å²) >= 11 is 0. The molecule has 17 heavy (non-hydrogen) atoms. The fraction of sp³-hybridized carbons (Fsp3) is 0.900. The van der Waals surface area contributed by atoms with Crippen LogP contribution in [0.15, 0.2) is 0 Å². The maximum Gasteiger partial charge on any atom is 0.322 e. The van der Waals surface area contributed by atoms with Crippen LogP contribution in [0.1, 0.15) is 19.8 Å². The molecule has 1 aliphatic rings. The number of esters is 1. The molecule has 0 aromatic rings. The van der Waals surface area contributed by atoms with Gasteiger partial charge in [0.1, 0.15) is 0 Å². The molecule has 6 nitrogen and oxygen atoms in total. The van der Waals surface area contributed by atoms with Crippen molar-refractivity contribution in [1.29, 1.82) is 0 Å². The van der Waals surface area contributed by atoms with Gasteiger partial charge in [-0.15, -0.1) is 0 Å². The summed E-state index contributed by atoms with van der Waals surface area (Å²) in [4.78, 5) is 11.2. The summed E-state index contributed by atoms with van der Waals surface area (Å²) < 4.78 is 29.6. The molecule has 100 valence electrons. The Morgan fingerprint density at radius 1 is 1.41 bits per heavy atom. The van der Waals surface area contributed by atoms with E-state index in [4.69, 9.17) is 5.11 Å². The van der Waals surface area contributed by atoms with Crippen molar-refractivity contribution in [2.24, 2.45) is 5.92 Å². The van der Waals surface area contributed by atoms with Crippen LogP contribution in [0.25, 0.3) is 0 Å². The molecule has 0 saturated carbocycles. The molecule has 1 fully saturated rings. The van der Waals surface area contributed by atoms with Crippen molar-refractivity contribution in [3.05, 3.63) is 0 Å². The Morgan fingerprint density at radius 3 is 2.47 bits per heavy atom. The van der Waals surface area contributed by atoms with E-state index >= 15 is 0 Å². The number of nitrogens with zero attached hydrogens (tertiary/aromatic N) is 1. The maximum absolute atomic E-state index is 11.8. The minimum absolute atomic E-state index is 0.0891. The third-order valence-corrected chi connectivity index (χ3v) is 4.58. The van der Waals surface area contributed by atoms with Gasteiger partial charge < -0.3 is 9.84 Å². The van der Waals surface area contributed by atoms with Gasteiger partial charge in [-0.1, -0.05) is 0 Å². The first-order valence-electron chi connectivity index (χ1n) is 5.74. The van der Waals surface area contributed by atoms with E-state index in [1.165, 1.54) is 4.31 Å². The van der Waals surface area contributed by atoms with Gasteiger partial charge >= 0.3 is 5.97 Å². The molecule has 1 heterocycles. The zero-order valence-electron chi connectivity index (χ0n) is 9.96. The number of rotatable bonds is 5. The molecule has 0 spiro atoms. The molecular formula is C10H19NO5S. The van der Waals surface area contributed by atoms with Gasteiger partial charge in [0.2, 0.25) is 10.0 Å². The average molecular weight is 265 g/mol. The Morgan fingerprint density at radius 2 is 2.00 bits per heavy atom. The Labute approximate surface area is 102 Å². The summed E-state index contributed by atoms with van der Waals surface area (Å²) in [5, 5.41) is 8.95. The highest BCUT2D eigenvalue weighted by molar-refractivity contribution is 7.89. The van der Waals surface area contributed by atoms with Crippen LogP contribution in [0.4, 0.5) is 0 Å². The molecule has 0 unspecified atom stereocenters. The van der Waals surface area contributed by atoms with Gasteiger partial charge in [0.25, 0.3) is 0 Å². The van der Waals surface area contributed by atoms with E-state index in [9.17, 15) is 13.2 Å². The largest absolute Gasteiger partial charge is 0.465 e. The van der Waals surface area contributed by atoms with Crippen molar-refractivity contribution in [2.45, 2.75) is 19.8 Å². The highest BCUT2D eigenvalue weighted by Crippen LogP contribution is 2.19. The molecule has 0 amide bonds. The van der Waals surface area contributed by atoms with Crippen LogP contribution in [-0.2, 0) is 19.6 Å². The van der Waals surface area contributed by atoms with Crippen molar-refractivity contribution in [1.82, 2.24) is 4.31 Å². The van der Waals surface area contributed by atoms with Crippen molar-refractivity contribution < 1.29 is 23.1 Å². The zero-order valence-corrected chi connectivity index (χ0v) is 10.8. The normalized spacial score (nSPS) is 19.2. The summed E-state index contributed by atoms with van der Waals surface area (Å²) in [5.41, 5.74) is 0. The third-order valence-electron chi connectivity index (χ3n) is 2.83. The van der Waals surface area contributed by atoms with E-state index in [0.29, 0.717) is 25.9 Å². The van der Waals surface area contributed by atoms with Crippen LogP contribution in [0.2, 0.25) is 0 Å². The highest BCUT2D eigenvalue weighted by atomic mass is 32.2. The number of ether oxygens (including phenoxy) is 1. The predicted molar refractivity (Wildman–Crippen MR) is 61.8 cm³/mol. The number of aliphatic hydroxyl groups is 1. The summed E-state index contributed by atoms with van der Waals surface area (Å²) in [6, 6.07) is 0.